The lowest BCUT2D eigenvalue weighted by Crippen LogP contribution is -2.48. The van der Waals surface area contributed by atoms with E-state index in [9.17, 15) is 9.59 Å². The average molecular weight is 273 g/mol. The van der Waals surface area contributed by atoms with Crippen molar-refractivity contribution in [3.63, 3.8) is 0 Å². The summed E-state index contributed by atoms with van der Waals surface area (Å²) < 4.78 is 0. The average Bonchev–Trinajstić information content (AvgIpc) is 2.33. The van der Waals surface area contributed by atoms with Crippen molar-refractivity contribution in [2.24, 2.45) is 0 Å². The largest absolute Gasteiger partial charge is 0.480 e. The maximum Gasteiger partial charge on any atom is 0.317 e. The molecule has 2 rings (SSSR count). The molecule has 1 fully saturated rings. The number of hydrogen-bond donors (Lipinski definition) is 2. The second-order valence-corrected chi connectivity index (χ2v) is 4.43. The Balaban J connectivity index is 2.03. The van der Waals surface area contributed by atoms with Gasteiger partial charge in [0.25, 0.3) is 5.56 Å². The van der Waals surface area contributed by atoms with Crippen molar-refractivity contribution >= 4 is 23.3 Å². The van der Waals surface area contributed by atoms with Crippen molar-refractivity contribution in [2.75, 3.05) is 37.6 Å². The van der Waals surface area contributed by atoms with E-state index < -0.39 is 11.5 Å². The predicted octanol–water partition coefficient (Wildman–Crippen LogP) is -0.370. The predicted molar refractivity (Wildman–Crippen MR) is 66.2 cm³/mol. The number of aromatic amines is 1. The zero-order chi connectivity index (χ0) is 13.1. The number of rotatable bonds is 3. The molecule has 1 aliphatic rings. The molecule has 0 atom stereocenters. The SMILES string of the molecule is O=C(O)CN1CCN(c2cn[nH]c(=O)c2Cl)CC1. The first-order valence-corrected chi connectivity index (χ1v) is 5.88. The van der Waals surface area contributed by atoms with Gasteiger partial charge >= 0.3 is 5.97 Å². The van der Waals surface area contributed by atoms with Crippen molar-refractivity contribution < 1.29 is 9.90 Å². The molecule has 0 saturated carbocycles. The second-order valence-electron chi connectivity index (χ2n) is 4.06. The lowest BCUT2D eigenvalue weighted by Gasteiger charge is -2.35. The van der Waals surface area contributed by atoms with Crippen LogP contribution in [0.1, 0.15) is 0 Å². The van der Waals surface area contributed by atoms with E-state index in [1.54, 1.807) is 0 Å². The number of carboxylic acid groups (broad SMARTS) is 1. The highest BCUT2D eigenvalue weighted by molar-refractivity contribution is 6.32. The molecule has 2 N–H and O–H groups in total. The minimum absolute atomic E-state index is 0.0369. The maximum absolute atomic E-state index is 11.3. The van der Waals surface area contributed by atoms with Crippen molar-refractivity contribution in [1.82, 2.24) is 15.1 Å². The van der Waals surface area contributed by atoms with Crippen molar-refractivity contribution in [3.8, 4) is 0 Å². The van der Waals surface area contributed by atoms with E-state index in [-0.39, 0.29) is 11.6 Å². The molecule has 2 heterocycles. The van der Waals surface area contributed by atoms with Gasteiger partial charge in [0, 0.05) is 26.2 Å². The van der Waals surface area contributed by atoms with Crippen molar-refractivity contribution in [1.29, 1.82) is 0 Å². The number of H-pyrrole nitrogens is 1. The fourth-order valence-corrected chi connectivity index (χ4v) is 2.14. The molecule has 0 bridgehead atoms. The number of halogens is 1. The highest BCUT2D eigenvalue weighted by Gasteiger charge is 2.21. The smallest absolute Gasteiger partial charge is 0.317 e. The standard InChI is InChI=1S/C10H13ClN4O3/c11-9-7(5-12-13-10(9)18)15-3-1-14(2-4-15)6-8(16)17/h5H,1-4,6H2,(H,13,18)(H,16,17). The van der Waals surface area contributed by atoms with Gasteiger partial charge in [-0.15, -0.1) is 0 Å². The van der Waals surface area contributed by atoms with E-state index in [0.717, 1.165) is 0 Å². The van der Waals surface area contributed by atoms with E-state index in [1.165, 1.54) is 6.20 Å². The van der Waals surface area contributed by atoms with Gasteiger partial charge in [0.05, 0.1) is 18.4 Å². The molecular formula is C10H13ClN4O3. The summed E-state index contributed by atoms with van der Waals surface area (Å²) in [6.45, 7) is 2.52. The molecule has 1 saturated heterocycles. The molecule has 0 radical (unpaired) electrons. The molecule has 0 aliphatic carbocycles. The lowest BCUT2D eigenvalue weighted by molar-refractivity contribution is -0.138. The molecule has 0 unspecified atom stereocenters. The Hall–Kier alpha value is -1.60. The summed E-state index contributed by atoms with van der Waals surface area (Å²) in [4.78, 5) is 25.7. The van der Waals surface area contributed by atoms with E-state index in [1.807, 2.05) is 9.80 Å². The summed E-state index contributed by atoms with van der Waals surface area (Å²) in [5.41, 5.74) is 0.178. The van der Waals surface area contributed by atoms with E-state index in [0.29, 0.717) is 31.9 Å². The first-order chi connectivity index (χ1) is 8.58. The molecule has 1 aromatic heterocycles. The van der Waals surface area contributed by atoms with E-state index in [2.05, 4.69) is 10.2 Å². The Morgan fingerprint density at radius 1 is 1.44 bits per heavy atom. The Kier molecular flexibility index (Phi) is 3.83. The van der Waals surface area contributed by atoms with Crippen molar-refractivity contribution in [3.05, 3.63) is 21.6 Å². The number of aromatic nitrogens is 2. The monoisotopic (exact) mass is 272 g/mol. The molecular weight excluding hydrogens is 260 g/mol. The number of nitrogens with one attached hydrogen (secondary N) is 1. The first-order valence-electron chi connectivity index (χ1n) is 5.50. The van der Waals surface area contributed by atoms with Gasteiger partial charge in [-0.3, -0.25) is 14.5 Å². The number of nitrogens with zero attached hydrogens (tertiary/aromatic N) is 3. The second kappa shape index (κ2) is 5.36. The van der Waals surface area contributed by atoms with Crippen LogP contribution in [-0.2, 0) is 4.79 Å². The molecule has 1 aromatic rings. The topological polar surface area (TPSA) is 89.5 Å². The Bertz CT molecular complexity index is 496. The fraction of sp³-hybridized carbons (Fsp3) is 0.500. The summed E-state index contributed by atoms with van der Waals surface area (Å²) in [7, 11) is 0. The van der Waals surface area contributed by atoms with Crippen LogP contribution >= 0.6 is 11.6 Å². The Morgan fingerprint density at radius 3 is 2.72 bits per heavy atom. The molecule has 0 aromatic carbocycles. The van der Waals surface area contributed by atoms with Gasteiger partial charge in [-0.25, -0.2) is 5.10 Å². The van der Waals surface area contributed by atoms with Crippen molar-refractivity contribution in [2.45, 2.75) is 0 Å². The van der Waals surface area contributed by atoms with Gasteiger partial charge in [-0.05, 0) is 0 Å². The van der Waals surface area contributed by atoms with Gasteiger partial charge in [0.2, 0.25) is 0 Å². The Labute approximate surface area is 108 Å². The van der Waals surface area contributed by atoms with Crippen LogP contribution < -0.4 is 10.5 Å². The molecule has 98 valence electrons. The van der Waals surface area contributed by atoms with Crippen LogP contribution in [0, 0.1) is 0 Å². The lowest BCUT2D eigenvalue weighted by atomic mass is 10.3. The van der Waals surface area contributed by atoms with Crippen LogP contribution in [0.4, 0.5) is 5.69 Å². The van der Waals surface area contributed by atoms with Crippen LogP contribution in [0.5, 0.6) is 0 Å². The van der Waals surface area contributed by atoms with Crippen LogP contribution in [0.2, 0.25) is 5.02 Å². The molecule has 0 spiro atoms. The molecule has 1 aliphatic heterocycles. The molecule has 0 amide bonds. The molecule has 8 heteroatoms. The number of piperazine rings is 1. The van der Waals surface area contributed by atoms with Crippen LogP contribution in [0.15, 0.2) is 11.0 Å². The summed E-state index contributed by atoms with van der Waals surface area (Å²) >= 11 is 5.91. The number of carbonyl (C=O) groups is 1. The molecule has 18 heavy (non-hydrogen) atoms. The fourth-order valence-electron chi connectivity index (χ4n) is 1.93. The third-order valence-corrected chi connectivity index (χ3v) is 3.21. The number of aliphatic carboxylic acids is 1. The number of hydrogen-bond acceptors (Lipinski definition) is 5. The highest BCUT2D eigenvalue weighted by atomic mass is 35.5. The molecule has 7 nitrogen and oxygen atoms in total. The summed E-state index contributed by atoms with van der Waals surface area (Å²) in [6, 6.07) is 0. The van der Waals surface area contributed by atoms with Gasteiger partial charge in [-0.1, -0.05) is 11.6 Å². The quantitative estimate of drug-likeness (QED) is 0.780. The summed E-state index contributed by atoms with van der Waals surface area (Å²) in [5.74, 6) is -0.834. The third kappa shape index (κ3) is 2.80. The van der Waals surface area contributed by atoms with Gasteiger partial charge in [0.15, 0.2) is 0 Å². The van der Waals surface area contributed by atoms with Gasteiger partial charge in [-0.2, -0.15) is 5.10 Å². The van der Waals surface area contributed by atoms with Gasteiger partial charge in [0.1, 0.15) is 5.02 Å². The minimum atomic E-state index is -0.834. The maximum atomic E-state index is 11.3. The van der Waals surface area contributed by atoms with Crippen LogP contribution in [0.25, 0.3) is 0 Å². The van der Waals surface area contributed by atoms with Crippen LogP contribution in [0.3, 0.4) is 0 Å². The van der Waals surface area contributed by atoms with E-state index >= 15 is 0 Å². The zero-order valence-electron chi connectivity index (χ0n) is 9.60. The summed E-state index contributed by atoms with van der Waals surface area (Å²) in [5, 5.41) is 14.8. The van der Waals surface area contributed by atoms with E-state index in [4.69, 9.17) is 16.7 Å². The number of anilines is 1. The number of carboxylic acids is 1. The van der Waals surface area contributed by atoms with Crippen LogP contribution in [-0.4, -0.2) is 58.9 Å². The summed E-state index contributed by atoms with van der Waals surface area (Å²) in [6.07, 6.45) is 1.51. The first kappa shape index (κ1) is 12.8. The Morgan fingerprint density at radius 2 is 2.11 bits per heavy atom. The third-order valence-electron chi connectivity index (χ3n) is 2.85. The highest BCUT2D eigenvalue weighted by Crippen LogP contribution is 2.21. The zero-order valence-corrected chi connectivity index (χ0v) is 10.4. The van der Waals surface area contributed by atoms with Gasteiger partial charge < -0.3 is 10.0 Å². The minimum Gasteiger partial charge on any atom is -0.480 e. The normalized spacial score (nSPS) is 16.8.